The molecule has 0 aliphatic heterocycles. The molecule has 7 aromatic carbocycles. The van der Waals surface area contributed by atoms with Gasteiger partial charge in [-0.25, -0.2) is 0 Å². The molecule has 0 bridgehead atoms. The van der Waals surface area contributed by atoms with Gasteiger partial charge in [-0.2, -0.15) is 57.7 Å². The van der Waals surface area contributed by atoms with Gasteiger partial charge in [-0.3, -0.25) is 9.36 Å². The van der Waals surface area contributed by atoms with Crippen LogP contribution in [0.1, 0.15) is 56.2 Å². The minimum absolute atomic E-state index is 0. The molecule has 0 amide bonds. The van der Waals surface area contributed by atoms with E-state index in [-0.39, 0.29) is 20.1 Å². The van der Waals surface area contributed by atoms with Crippen LogP contribution in [0.15, 0.2) is 170 Å². The van der Waals surface area contributed by atoms with Crippen molar-refractivity contribution in [2.45, 2.75) is 67.2 Å². The molecule has 340 valence electrons. The number of hydrogen-bond donors (Lipinski definition) is 0. The molecule has 0 unspecified atom stereocenters. The average Bonchev–Trinajstić information content (AvgIpc) is 3.81. The molecule has 6 heteroatoms. The number of hydrogen-bond acceptors (Lipinski definition) is 3. The molecule has 0 saturated heterocycles. The van der Waals surface area contributed by atoms with E-state index in [9.17, 15) is 0 Å². The molecule has 0 aliphatic rings. The quantitative estimate of drug-likeness (QED) is 0.108. The van der Waals surface area contributed by atoms with Crippen molar-refractivity contribution in [3.8, 4) is 67.1 Å². The molecule has 0 saturated carbocycles. The number of benzene rings is 7. The van der Waals surface area contributed by atoms with Gasteiger partial charge in [0.15, 0.2) is 0 Å². The first-order valence-electron chi connectivity index (χ1n) is 23.6. The Kier molecular flexibility index (Phi) is 14.0. The summed E-state index contributed by atoms with van der Waals surface area (Å²) in [5.41, 5.74) is 25.1. The zero-order valence-electron chi connectivity index (χ0n) is 40.1. The Hall–Kier alpha value is -7.24. The molecule has 69 heavy (non-hydrogen) atoms. The van der Waals surface area contributed by atoms with E-state index < -0.39 is 0 Å². The molecule has 10 aromatic rings. The maximum absolute atomic E-state index is 5.03. The Morgan fingerprint density at radius 2 is 0.913 bits per heavy atom. The van der Waals surface area contributed by atoms with Crippen LogP contribution in [0.25, 0.3) is 67.1 Å². The topological polar surface area (TPSA) is 48.5 Å². The van der Waals surface area contributed by atoms with Gasteiger partial charge in [0.25, 0.3) is 0 Å². The minimum atomic E-state index is 0. The van der Waals surface area contributed by atoms with Crippen LogP contribution < -0.4 is 0 Å². The van der Waals surface area contributed by atoms with Crippen molar-refractivity contribution >= 4 is 0 Å². The fourth-order valence-electron chi connectivity index (χ4n) is 9.15. The summed E-state index contributed by atoms with van der Waals surface area (Å²) >= 11 is 0. The van der Waals surface area contributed by atoms with E-state index in [0.29, 0.717) is 0 Å². The van der Waals surface area contributed by atoms with Crippen LogP contribution in [0.4, 0.5) is 0 Å². The summed E-state index contributed by atoms with van der Waals surface area (Å²) in [6.07, 6.45) is 5.63. The second-order valence-corrected chi connectivity index (χ2v) is 18.0. The summed E-state index contributed by atoms with van der Waals surface area (Å²) in [6.45, 7) is 12.6. The van der Waals surface area contributed by atoms with Crippen molar-refractivity contribution < 1.29 is 20.1 Å². The number of rotatable bonds is 13. The van der Waals surface area contributed by atoms with Crippen LogP contribution in [0.3, 0.4) is 0 Å². The predicted molar refractivity (Wildman–Crippen MR) is 278 cm³/mol. The van der Waals surface area contributed by atoms with E-state index >= 15 is 0 Å². The van der Waals surface area contributed by atoms with E-state index in [1.165, 1.54) is 55.6 Å². The van der Waals surface area contributed by atoms with Crippen molar-refractivity contribution in [3.05, 3.63) is 244 Å². The van der Waals surface area contributed by atoms with Crippen LogP contribution in [0.2, 0.25) is 0 Å². The minimum Gasteiger partial charge on any atom is -0.304 e. The Morgan fingerprint density at radius 1 is 0.420 bits per heavy atom. The molecule has 3 aromatic heterocycles. The van der Waals surface area contributed by atoms with E-state index in [1.807, 2.05) is 21.6 Å². The van der Waals surface area contributed by atoms with Crippen molar-refractivity contribution in [3.63, 3.8) is 0 Å². The molecule has 0 radical (unpaired) electrons. The van der Waals surface area contributed by atoms with Crippen molar-refractivity contribution in [1.29, 1.82) is 0 Å². The van der Waals surface area contributed by atoms with Gasteiger partial charge in [-0.15, -0.1) is 47.5 Å². The van der Waals surface area contributed by atoms with Gasteiger partial charge in [-0.1, -0.05) is 122 Å². The first kappa shape index (κ1) is 46.9. The Morgan fingerprint density at radius 3 is 1.41 bits per heavy atom. The van der Waals surface area contributed by atoms with Crippen molar-refractivity contribution in [2.75, 3.05) is 0 Å². The maximum Gasteiger partial charge on any atom is 3.00 e. The van der Waals surface area contributed by atoms with Gasteiger partial charge in [0.1, 0.15) is 0 Å². The molecule has 0 fully saturated rings. The van der Waals surface area contributed by atoms with Gasteiger partial charge in [0, 0.05) is 17.6 Å². The third-order valence-corrected chi connectivity index (χ3v) is 13.7. The Balaban J connectivity index is 0.00000593. The standard InChI is InChI=1S/C63H54N5.Ir/c1-42-44(3)65-67(46(42)5)59-32-23-48(24-33-59)19-21-50-37-51(22-20-49-25-34-60(35-26-49)68-47(6)43(2)45(4)66-68)39-58(38-50)62-18-11-10-17-61(62)57-31-36-63(64-41-57)56-16-12-15-55(40-56)54-29-27-53(28-30-54)52-13-8-7-9-14-52;/h7-15,17-18,23-32,34,36-41H,19-22H2,1-6H3;/q-3;+3. The molecule has 3 heterocycles. The van der Waals surface area contributed by atoms with Gasteiger partial charge >= 0.3 is 20.1 Å². The molecule has 0 atom stereocenters. The number of aromatic nitrogens is 5. The van der Waals surface area contributed by atoms with Crippen LogP contribution in [0.5, 0.6) is 0 Å². The molecular weight excluding hydrogens is 1020 g/mol. The zero-order chi connectivity index (χ0) is 46.7. The van der Waals surface area contributed by atoms with Crippen LogP contribution >= 0.6 is 0 Å². The third-order valence-electron chi connectivity index (χ3n) is 13.7. The summed E-state index contributed by atoms with van der Waals surface area (Å²) in [4.78, 5) is 5.03. The monoisotopic (exact) mass is 1070 g/mol. The maximum atomic E-state index is 5.03. The summed E-state index contributed by atoms with van der Waals surface area (Å²) < 4.78 is 4.00. The normalized spacial score (nSPS) is 11.2. The first-order chi connectivity index (χ1) is 33.1. The molecule has 0 aliphatic carbocycles. The van der Waals surface area contributed by atoms with Gasteiger partial charge in [0.05, 0.1) is 11.4 Å². The average molecular weight is 1070 g/mol. The first-order valence-corrected chi connectivity index (χ1v) is 23.6. The Bertz CT molecular complexity index is 3240. The predicted octanol–water partition coefficient (Wildman–Crippen LogP) is 14.6. The Labute approximate surface area is 421 Å². The largest absolute Gasteiger partial charge is 3.00 e. The van der Waals surface area contributed by atoms with Crippen LogP contribution in [0, 0.1) is 59.7 Å². The second-order valence-electron chi connectivity index (χ2n) is 18.0. The van der Waals surface area contributed by atoms with Gasteiger partial charge in [0.2, 0.25) is 0 Å². The number of aryl methyl sites for hydroxylation is 6. The van der Waals surface area contributed by atoms with Crippen LogP contribution in [-0.4, -0.2) is 24.5 Å². The van der Waals surface area contributed by atoms with Crippen molar-refractivity contribution in [1.82, 2.24) is 24.5 Å². The number of pyridine rings is 1. The van der Waals surface area contributed by atoms with E-state index in [1.54, 1.807) is 0 Å². The summed E-state index contributed by atoms with van der Waals surface area (Å²) in [5, 5.41) is 9.52. The van der Waals surface area contributed by atoms with Crippen molar-refractivity contribution in [2.24, 2.45) is 0 Å². The van der Waals surface area contributed by atoms with E-state index in [0.717, 1.165) is 93.3 Å². The molecule has 0 spiro atoms. The molecule has 5 nitrogen and oxygen atoms in total. The van der Waals surface area contributed by atoms with Gasteiger partial charge < -0.3 is 4.98 Å². The third kappa shape index (κ3) is 10.2. The molecular formula is C63H54IrN5. The summed E-state index contributed by atoms with van der Waals surface area (Å²) in [5.74, 6) is 0. The fraction of sp³-hybridized carbons (Fsp3) is 0.159. The SMILES string of the molecule is Cc1nn(-c2[c-]cc(CCc3cc(CCc4c[c-]c(-n5nc(C)c(C)c5C)cc4)cc(-c4ccccc4-c4ccc(-c5[c-]ccc(-c6ccc(-c7ccccc7)cc6)c5)nc4)c3)cc2)c(C)c1C.[Ir+3]. The van der Waals surface area contributed by atoms with Gasteiger partial charge in [-0.05, 0) is 133 Å². The van der Waals surface area contributed by atoms with Crippen LogP contribution in [-0.2, 0) is 45.8 Å². The summed E-state index contributed by atoms with van der Waals surface area (Å²) in [7, 11) is 0. The fourth-order valence-corrected chi connectivity index (χ4v) is 9.15. The number of nitrogens with zero attached hydrogens (tertiary/aromatic N) is 5. The smallest absolute Gasteiger partial charge is 0.304 e. The summed E-state index contributed by atoms with van der Waals surface area (Å²) in [6, 6.07) is 69.2. The second kappa shape index (κ2) is 20.5. The zero-order valence-corrected chi connectivity index (χ0v) is 42.5. The molecule has 10 rings (SSSR count). The van der Waals surface area contributed by atoms with E-state index in [2.05, 4.69) is 217 Å². The molecule has 0 N–H and O–H groups in total. The van der Waals surface area contributed by atoms with E-state index in [4.69, 9.17) is 15.2 Å².